The molecule has 12 heavy (non-hydrogen) atoms. The summed E-state index contributed by atoms with van der Waals surface area (Å²) in [5, 5.41) is 8.47. The zero-order valence-electron chi connectivity index (χ0n) is 9.26. The fraction of sp³-hybridized carbons (Fsp3) is 0.667. The van der Waals surface area contributed by atoms with Gasteiger partial charge < -0.3 is 6.53 Å². The van der Waals surface area contributed by atoms with Gasteiger partial charge in [-0.2, -0.15) is 0 Å². The second-order valence-electron chi connectivity index (χ2n) is 2.69. The molecule has 0 aromatic heterocycles. The molecular formula is C9H17NaO2. The van der Waals surface area contributed by atoms with Crippen LogP contribution in [0.1, 0.15) is 41.0 Å². The van der Waals surface area contributed by atoms with Gasteiger partial charge in [0.2, 0.25) is 0 Å². The van der Waals surface area contributed by atoms with Crippen molar-refractivity contribution < 1.29 is 40.9 Å². The zero-order chi connectivity index (χ0) is 8.69. The van der Waals surface area contributed by atoms with E-state index in [4.69, 9.17) is 5.11 Å². The van der Waals surface area contributed by atoms with Gasteiger partial charge in [0.15, 0.2) is 0 Å². The molecule has 0 aromatic rings. The van der Waals surface area contributed by atoms with E-state index in [1.807, 2.05) is 0 Å². The molecule has 66 valence electrons. The van der Waals surface area contributed by atoms with Crippen molar-refractivity contribution >= 4 is 5.97 Å². The Labute approximate surface area is 97.8 Å². The largest absolute Gasteiger partial charge is 1.00 e. The molecular weight excluding hydrogens is 163 g/mol. The van der Waals surface area contributed by atoms with E-state index < -0.39 is 5.97 Å². The van der Waals surface area contributed by atoms with Crippen molar-refractivity contribution in [2.75, 3.05) is 0 Å². The molecule has 0 aliphatic heterocycles. The standard InChI is InChI=1S/C9H16O2.Na.H/c1-3-4-5-6-7-8(2)9(10)11;;/h7H,3-6H2,1-2H3,(H,10,11);;/q;+1;-1/b8-7-;;. The van der Waals surface area contributed by atoms with Crippen molar-refractivity contribution in [3.63, 3.8) is 0 Å². The predicted octanol–water partition coefficient (Wildman–Crippen LogP) is -0.286. The Bertz CT molecular complexity index is 158. The van der Waals surface area contributed by atoms with E-state index in [-0.39, 0.29) is 31.0 Å². The number of hydrogen-bond donors (Lipinski definition) is 1. The van der Waals surface area contributed by atoms with Gasteiger partial charge in [0.25, 0.3) is 0 Å². The summed E-state index contributed by atoms with van der Waals surface area (Å²) < 4.78 is 0. The Morgan fingerprint density at radius 2 is 2.08 bits per heavy atom. The van der Waals surface area contributed by atoms with Crippen molar-refractivity contribution in [1.82, 2.24) is 0 Å². The smallest absolute Gasteiger partial charge is 1.00 e. The number of rotatable bonds is 5. The first-order chi connectivity index (χ1) is 5.18. The van der Waals surface area contributed by atoms with Gasteiger partial charge in [0.1, 0.15) is 0 Å². The molecule has 0 aliphatic rings. The van der Waals surface area contributed by atoms with Crippen LogP contribution in [0.2, 0.25) is 0 Å². The summed E-state index contributed by atoms with van der Waals surface area (Å²) in [6.45, 7) is 3.77. The average Bonchev–Trinajstić information content (AvgIpc) is 1.97. The Kier molecular flexibility index (Phi) is 11.4. The second kappa shape index (κ2) is 9.30. The van der Waals surface area contributed by atoms with Crippen molar-refractivity contribution in [3.05, 3.63) is 11.6 Å². The fourth-order valence-corrected chi connectivity index (χ4v) is 0.800. The maximum absolute atomic E-state index is 10.3. The third kappa shape index (κ3) is 8.31. The molecule has 2 nitrogen and oxygen atoms in total. The first kappa shape index (κ1) is 14.7. The number of aliphatic carboxylic acids is 1. The summed E-state index contributed by atoms with van der Waals surface area (Å²) in [6.07, 6.45) is 6.15. The van der Waals surface area contributed by atoms with Crippen LogP contribution in [-0.4, -0.2) is 11.1 Å². The van der Waals surface area contributed by atoms with Gasteiger partial charge in [-0.3, -0.25) is 0 Å². The van der Waals surface area contributed by atoms with Gasteiger partial charge in [-0.25, -0.2) is 4.79 Å². The van der Waals surface area contributed by atoms with Crippen molar-refractivity contribution in [2.45, 2.75) is 39.5 Å². The van der Waals surface area contributed by atoms with Crippen LogP contribution < -0.4 is 29.6 Å². The van der Waals surface area contributed by atoms with E-state index in [1.54, 1.807) is 13.0 Å². The molecule has 0 spiro atoms. The van der Waals surface area contributed by atoms with Crippen LogP contribution in [0.4, 0.5) is 0 Å². The number of carboxylic acids is 1. The van der Waals surface area contributed by atoms with Crippen LogP contribution in [-0.2, 0) is 4.79 Å². The average molecular weight is 180 g/mol. The first-order valence-corrected chi connectivity index (χ1v) is 4.08. The molecule has 0 unspecified atom stereocenters. The minimum Gasteiger partial charge on any atom is -1.00 e. The van der Waals surface area contributed by atoms with Gasteiger partial charge in [-0.05, 0) is 19.8 Å². The monoisotopic (exact) mass is 180 g/mol. The SMILES string of the molecule is CCCCC/C=C(/C)C(=O)O.[H-].[Na+]. The number of unbranched alkanes of at least 4 members (excludes halogenated alkanes) is 3. The van der Waals surface area contributed by atoms with E-state index in [0.29, 0.717) is 5.57 Å². The minimum absolute atomic E-state index is 0. The molecule has 0 radical (unpaired) electrons. The summed E-state index contributed by atoms with van der Waals surface area (Å²) in [7, 11) is 0. The molecule has 0 aliphatic carbocycles. The third-order valence-corrected chi connectivity index (χ3v) is 1.60. The molecule has 0 atom stereocenters. The number of carboxylic acid groups (broad SMARTS) is 1. The molecule has 1 N–H and O–H groups in total. The Morgan fingerprint density at radius 3 is 2.50 bits per heavy atom. The van der Waals surface area contributed by atoms with Gasteiger partial charge in [-0.1, -0.05) is 25.8 Å². The quantitative estimate of drug-likeness (QED) is 0.359. The fourth-order valence-electron chi connectivity index (χ4n) is 0.800. The minimum atomic E-state index is -0.804. The number of hydrogen-bond acceptors (Lipinski definition) is 1. The maximum atomic E-state index is 10.3. The maximum Gasteiger partial charge on any atom is 1.00 e. The number of carbonyl (C=O) groups is 1. The van der Waals surface area contributed by atoms with Crippen molar-refractivity contribution in [3.8, 4) is 0 Å². The van der Waals surface area contributed by atoms with E-state index in [9.17, 15) is 4.79 Å². The summed E-state index contributed by atoms with van der Waals surface area (Å²) in [6, 6.07) is 0. The number of allylic oxidation sites excluding steroid dienone is 1. The third-order valence-electron chi connectivity index (χ3n) is 1.60. The molecule has 0 heterocycles. The van der Waals surface area contributed by atoms with Crippen LogP contribution in [0.15, 0.2) is 11.6 Å². The van der Waals surface area contributed by atoms with Crippen LogP contribution >= 0.6 is 0 Å². The van der Waals surface area contributed by atoms with E-state index >= 15 is 0 Å². The molecule has 0 aromatic carbocycles. The van der Waals surface area contributed by atoms with Gasteiger partial charge >= 0.3 is 35.5 Å². The first-order valence-electron chi connectivity index (χ1n) is 4.08. The molecule has 0 saturated carbocycles. The Balaban J connectivity index is -0.000000500. The molecule has 0 fully saturated rings. The van der Waals surface area contributed by atoms with Gasteiger partial charge in [0, 0.05) is 5.57 Å². The summed E-state index contributed by atoms with van der Waals surface area (Å²) in [4.78, 5) is 10.3. The van der Waals surface area contributed by atoms with E-state index in [2.05, 4.69) is 6.92 Å². The molecule has 0 saturated heterocycles. The van der Waals surface area contributed by atoms with Gasteiger partial charge in [-0.15, -0.1) is 0 Å². The summed E-state index contributed by atoms with van der Waals surface area (Å²) in [5.74, 6) is -0.804. The molecule has 0 amide bonds. The Hall–Kier alpha value is 0.210. The van der Waals surface area contributed by atoms with Crippen LogP contribution in [0.5, 0.6) is 0 Å². The second-order valence-corrected chi connectivity index (χ2v) is 2.69. The normalized spacial score (nSPS) is 10.7. The van der Waals surface area contributed by atoms with Crippen LogP contribution in [0.3, 0.4) is 0 Å². The van der Waals surface area contributed by atoms with Crippen molar-refractivity contribution in [2.24, 2.45) is 0 Å². The topological polar surface area (TPSA) is 37.3 Å². The predicted molar refractivity (Wildman–Crippen MR) is 46.6 cm³/mol. The van der Waals surface area contributed by atoms with Crippen LogP contribution in [0.25, 0.3) is 0 Å². The molecule has 0 rings (SSSR count). The summed E-state index contributed by atoms with van der Waals surface area (Å²) >= 11 is 0. The summed E-state index contributed by atoms with van der Waals surface area (Å²) in [5.41, 5.74) is 0.459. The Morgan fingerprint density at radius 1 is 1.50 bits per heavy atom. The van der Waals surface area contributed by atoms with E-state index in [1.165, 1.54) is 12.8 Å². The van der Waals surface area contributed by atoms with Crippen LogP contribution in [0, 0.1) is 0 Å². The molecule has 3 heteroatoms. The van der Waals surface area contributed by atoms with Gasteiger partial charge in [0.05, 0.1) is 0 Å². The van der Waals surface area contributed by atoms with E-state index in [0.717, 1.165) is 12.8 Å². The van der Waals surface area contributed by atoms with Crippen molar-refractivity contribution in [1.29, 1.82) is 0 Å². The molecule has 0 bridgehead atoms. The zero-order valence-corrected chi connectivity index (χ0v) is 10.3.